The van der Waals surface area contributed by atoms with Gasteiger partial charge < -0.3 is 19.1 Å². The van der Waals surface area contributed by atoms with Gasteiger partial charge in [0.05, 0.1) is 18.8 Å². The molecule has 1 aromatic rings. The number of ether oxygens (including phenoxy) is 3. The fraction of sp³-hybridized carbons (Fsp3) is 0.588. The molecule has 1 fully saturated rings. The second-order valence-electron chi connectivity index (χ2n) is 5.73. The van der Waals surface area contributed by atoms with Gasteiger partial charge in [-0.3, -0.25) is 0 Å². The number of quaternary nitrogens is 1. The van der Waals surface area contributed by atoms with E-state index in [1.54, 1.807) is 12.1 Å². The minimum atomic E-state index is 0.324. The topological polar surface area (TPSA) is 55.9 Å². The number of nitrogens with zero attached hydrogens (tertiary/aromatic N) is 1. The van der Waals surface area contributed by atoms with E-state index in [0.717, 1.165) is 26.2 Å². The third kappa shape index (κ3) is 5.30. The van der Waals surface area contributed by atoms with Crippen molar-refractivity contribution in [1.82, 2.24) is 0 Å². The van der Waals surface area contributed by atoms with Crippen molar-refractivity contribution in [2.45, 2.75) is 26.1 Å². The third-order valence-corrected chi connectivity index (χ3v) is 3.71. The number of benzene rings is 1. The van der Waals surface area contributed by atoms with Gasteiger partial charge in [-0.15, -0.1) is 0 Å². The van der Waals surface area contributed by atoms with Crippen LogP contribution < -0.4 is 9.64 Å². The molecule has 0 radical (unpaired) electrons. The van der Waals surface area contributed by atoms with Gasteiger partial charge in [0.2, 0.25) is 0 Å². The smallest absolute Gasteiger partial charge is 0.137 e. The largest absolute Gasteiger partial charge is 0.490 e. The van der Waals surface area contributed by atoms with Gasteiger partial charge in [-0.25, -0.2) is 0 Å². The lowest BCUT2D eigenvalue weighted by atomic mass is 10.2. The Hall–Kier alpha value is -1.61. The lowest BCUT2D eigenvalue weighted by Crippen LogP contribution is -3.15. The maximum Gasteiger partial charge on any atom is 0.137 e. The molecule has 0 unspecified atom stereocenters. The highest BCUT2D eigenvalue weighted by atomic mass is 16.5. The Labute approximate surface area is 132 Å². The van der Waals surface area contributed by atoms with E-state index in [0.29, 0.717) is 36.7 Å². The molecule has 0 amide bonds. The van der Waals surface area contributed by atoms with Crippen molar-refractivity contribution in [2.75, 3.05) is 39.5 Å². The molecular weight excluding hydrogens is 280 g/mol. The van der Waals surface area contributed by atoms with Gasteiger partial charge in [0.15, 0.2) is 0 Å². The fourth-order valence-electron chi connectivity index (χ4n) is 2.81. The van der Waals surface area contributed by atoms with E-state index in [-0.39, 0.29) is 0 Å². The van der Waals surface area contributed by atoms with Crippen molar-refractivity contribution in [3.8, 4) is 11.8 Å². The van der Waals surface area contributed by atoms with Crippen LogP contribution in [0.15, 0.2) is 24.3 Å². The zero-order valence-corrected chi connectivity index (χ0v) is 13.4. The Morgan fingerprint density at radius 2 is 1.91 bits per heavy atom. The van der Waals surface area contributed by atoms with Gasteiger partial charge >= 0.3 is 0 Å². The summed E-state index contributed by atoms with van der Waals surface area (Å²) in [6.07, 6.45) is 0.647. The van der Waals surface area contributed by atoms with Crippen LogP contribution in [0.4, 0.5) is 0 Å². The maximum absolute atomic E-state index is 8.97. The molecule has 2 rings (SSSR count). The van der Waals surface area contributed by atoms with E-state index >= 15 is 0 Å². The SMILES string of the molecule is C[C@H]1C[NH+](CCOCCOc2ccccc2C#N)C[C@H](C)O1. The molecule has 0 spiro atoms. The van der Waals surface area contributed by atoms with Crippen molar-refractivity contribution < 1.29 is 19.1 Å². The molecule has 5 nitrogen and oxygen atoms in total. The van der Waals surface area contributed by atoms with Crippen molar-refractivity contribution in [1.29, 1.82) is 5.26 Å². The summed E-state index contributed by atoms with van der Waals surface area (Å²) in [5.41, 5.74) is 0.559. The van der Waals surface area contributed by atoms with Gasteiger partial charge in [-0.1, -0.05) is 12.1 Å². The highest BCUT2D eigenvalue weighted by Crippen LogP contribution is 2.16. The lowest BCUT2D eigenvalue weighted by molar-refractivity contribution is -0.915. The van der Waals surface area contributed by atoms with Crippen LogP contribution in [0.25, 0.3) is 0 Å². The van der Waals surface area contributed by atoms with E-state index in [9.17, 15) is 0 Å². The second-order valence-corrected chi connectivity index (χ2v) is 5.73. The molecular formula is C17H25N2O3+. The minimum Gasteiger partial charge on any atom is -0.490 e. The molecule has 0 aliphatic carbocycles. The molecule has 0 bridgehead atoms. The first kappa shape index (κ1) is 16.8. The van der Waals surface area contributed by atoms with Crippen LogP contribution in [-0.2, 0) is 9.47 Å². The Kier molecular flexibility index (Phi) is 6.66. The van der Waals surface area contributed by atoms with Gasteiger partial charge in [-0.2, -0.15) is 5.26 Å². The van der Waals surface area contributed by atoms with E-state index in [4.69, 9.17) is 19.5 Å². The summed E-state index contributed by atoms with van der Waals surface area (Å²) in [6.45, 7) is 9.04. The summed E-state index contributed by atoms with van der Waals surface area (Å²) in [4.78, 5) is 1.53. The van der Waals surface area contributed by atoms with Crippen LogP contribution in [0.2, 0.25) is 0 Å². The first-order valence-corrected chi connectivity index (χ1v) is 7.87. The standard InChI is InChI=1S/C17H24N2O3/c1-14-12-19(13-15(2)22-14)7-8-20-9-10-21-17-6-4-3-5-16(17)11-18/h3-6,14-15H,7-10,12-13H2,1-2H3/p+1/t14-,15-/m0/s1. The number of hydrogen-bond acceptors (Lipinski definition) is 4. The molecule has 0 aromatic heterocycles. The molecule has 1 aliphatic rings. The molecule has 1 N–H and O–H groups in total. The van der Waals surface area contributed by atoms with Crippen LogP contribution in [0.1, 0.15) is 19.4 Å². The van der Waals surface area contributed by atoms with Crippen LogP contribution in [-0.4, -0.2) is 51.7 Å². The van der Waals surface area contributed by atoms with Gasteiger partial charge in [-0.05, 0) is 26.0 Å². The Morgan fingerprint density at radius 3 is 2.64 bits per heavy atom. The van der Waals surface area contributed by atoms with Crippen molar-refractivity contribution in [2.24, 2.45) is 0 Å². The number of nitrogens with one attached hydrogen (secondary N) is 1. The summed E-state index contributed by atoms with van der Waals surface area (Å²) >= 11 is 0. The van der Waals surface area contributed by atoms with Crippen LogP contribution >= 0.6 is 0 Å². The van der Waals surface area contributed by atoms with Crippen molar-refractivity contribution in [3.63, 3.8) is 0 Å². The monoisotopic (exact) mass is 305 g/mol. The maximum atomic E-state index is 8.97. The third-order valence-electron chi connectivity index (χ3n) is 3.71. The molecule has 1 heterocycles. The molecule has 1 aromatic carbocycles. The quantitative estimate of drug-likeness (QED) is 0.752. The lowest BCUT2D eigenvalue weighted by Gasteiger charge is -2.32. The number of nitriles is 1. The highest BCUT2D eigenvalue weighted by Gasteiger charge is 2.24. The zero-order chi connectivity index (χ0) is 15.8. The molecule has 5 heteroatoms. The minimum absolute atomic E-state index is 0.324. The predicted octanol–water partition coefficient (Wildman–Crippen LogP) is 0.646. The van der Waals surface area contributed by atoms with Crippen molar-refractivity contribution >= 4 is 0 Å². The predicted molar refractivity (Wildman–Crippen MR) is 83.0 cm³/mol. The van der Waals surface area contributed by atoms with Gasteiger partial charge in [0.25, 0.3) is 0 Å². The molecule has 22 heavy (non-hydrogen) atoms. The summed E-state index contributed by atoms with van der Waals surface area (Å²) < 4.78 is 16.9. The number of para-hydroxylation sites is 1. The Morgan fingerprint density at radius 1 is 1.18 bits per heavy atom. The van der Waals surface area contributed by atoms with Crippen molar-refractivity contribution in [3.05, 3.63) is 29.8 Å². The van der Waals surface area contributed by atoms with Crippen LogP contribution in [0.5, 0.6) is 5.75 Å². The zero-order valence-electron chi connectivity index (χ0n) is 13.4. The van der Waals surface area contributed by atoms with Gasteiger partial charge in [0.1, 0.15) is 50.3 Å². The Balaban J connectivity index is 1.59. The van der Waals surface area contributed by atoms with E-state index in [2.05, 4.69) is 19.9 Å². The number of rotatable bonds is 7. The molecule has 2 atom stereocenters. The molecule has 0 saturated carbocycles. The van der Waals surface area contributed by atoms with E-state index in [1.807, 2.05) is 12.1 Å². The first-order valence-electron chi connectivity index (χ1n) is 7.87. The average molecular weight is 305 g/mol. The molecule has 1 aliphatic heterocycles. The van der Waals surface area contributed by atoms with Crippen LogP contribution in [0, 0.1) is 11.3 Å². The average Bonchev–Trinajstić information content (AvgIpc) is 2.50. The summed E-state index contributed by atoms with van der Waals surface area (Å²) in [6, 6.07) is 9.36. The molecule has 120 valence electrons. The summed E-state index contributed by atoms with van der Waals surface area (Å²) in [5.74, 6) is 0.620. The number of morpholine rings is 1. The van der Waals surface area contributed by atoms with E-state index < -0.39 is 0 Å². The second kappa shape index (κ2) is 8.74. The van der Waals surface area contributed by atoms with Gasteiger partial charge in [0, 0.05) is 0 Å². The summed E-state index contributed by atoms with van der Waals surface area (Å²) in [5, 5.41) is 8.97. The Bertz CT molecular complexity index is 491. The summed E-state index contributed by atoms with van der Waals surface area (Å²) in [7, 11) is 0. The number of hydrogen-bond donors (Lipinski definition) is 1. The van der Waals surface area contributed by atoms with E-state index in [1.165, 1.54) is 4.90 Å². The normalized spacial score (nSPS) is 24.7. The fourth-order valence-corrected chi connectivity index (χ4v) is 2.81. The van der Waals surface area contributed by atoms with Crippen LogP contribution in [0.3, 0.4) is 0 Å². The highest BCUT2D eigenvalue weighted by molar-refractivity contribution is 5.42. The molecule has 1 saturated heterocycles. The first-order chi connectivity index (χ1) is 10.7.